The molecule has 1 amide bonds. The topological polar surface area (TPSA) is 53.6 Å². The van der Waals surface area contributed by atoms with Gasteiger partial charge in [0, 0.05) is 38.4 Å². The van der Waals surface area contributed by atoms with Gasteiger partial charge in [0.25, 0.3) is 0 Å². The van der Waals surface area contributed by atoms with Crippen LogP contribution in [0.4, 0.5) is 0 Å². The van der Waals surface area contributed by atoms with Crippen LogP contribution in [0.1, 0.15) is 19.8 Å². The second-order valence-corrected chi connectivity index (χ2v) is 4.83. The summed E-state index contributed by atoms with van der Waals surface area (Å²) >= 11 is 0. The Balaban J connectivity index is 1.71. The predicted octanol–water partition coefficient (Wildman–Crippen LogP) is -0.425. The zero-order chi connectivity index (χ0) is 12.1. The lowest BCUT2D eigenvalue weighted by molar-refractivity contribution is -0.124. The Kier molecular flexibility index (Phi) is 4.76. The molecule has 0 bridgehead atoms. The van der Waals surface area contributed by atoms with Gasteiger partial charge in [0.15, 0.2) is 0 Å². The van der Waals surface area contributed by atoms with Crippen molar-refractivity contribution >= 4 is 5.91 Å². The SMILES string of the molecule is CCN(CC(=O)NC1CCOCC1)C1CNC1. The van der Waals surface area contributed by atoms with E-state index in [1.807, 2.05) is 0 Å². The minimum Gasteiger partial charge on any atom is -0.381 e. The second kappa shape index (κ2) is 6.33. The molecule has 2 rings (SSSR count). The third kappa shape index (κ3) is 3.66. The summed E-state index contributed by atoms with van der Waals surface area (Å²) in [7, 11) is 0. The Hall–Kier alpha value is -0.650. The van der Waals surface area contributed by atoms with Crippen LogP contribution >= 0.6 is 0 Å². The number of ether oxygens (including phenoxy) is 1. The highest BCUT2D eigenvalue weighted by atomic mass is 16.5. The van der Waals surface area contributed by atoms with E-state index in [-0.39, 0.29) is 5.91 Å². The van der Waals surface area contributed by atoms with Gasteiger partial charge in [0.1, 0.15) is 0 Å². The van der Waals surface area contributed by atoms with E-state index in [0.717, 1.165) is 45.7 Å². The van der Waals surface area contributed by atoms with Crippen molar-refractivity contribution in [1.29, 1.82) is 0 Å². The largest absolute Gasteiger partial charge is 0.381 e. The molecule has 17 heavy (non-hydrogen) atoms. The van der Waals surface area contributed by atoms with E-state index in [1.165, 1.54) is 0 Å². The molecule has 2 heterocycles. The van der Waals surface area contributed by atoms with Crippen molar-refractivity contribution in [2.45, 2.75) is 31.8 Å². The highest BCUT2D eigenvalue weighted by Gasteiger charge is 2.25. The summed E-state index contributed by atoms with van der Waals surface area (Å²) in [6.07, 6.45) is 1.89. The van der Waals surface area contributed by atoms with Crippen LogP contribution in [0.3, 0.4) is 0 Å². The number of rotatable bonds is 5. The highest BCUT2D eigenvalue weighted by Crippen LogP contribution is 2.07. The molecular weight excluding hydrogens is 218 g/mol. The monoisotopic (exact) mass is 241 g/mol. The molecule has 98 valence electrons. The minimum atomic E-state index is 0.158. The van der Waals surface area contributed by atoms with Gasteiger partial charge in [0.2, 0.25) is 5.91 Å². The van der Waals surface area contributed by atoms with Crippen LogP contribution in [0.25, 0.3) is 0 Å². The first-order valence-corrected chi connectivity index (χ1v) is 6.61. The molecule has 0 aromatic heterocycles. The first-order chi connectivity index (χ1) is 8.29. The van der Waals surface area contributed by atoms with Crippen LogP contribution in [-0.2, 0) is 9.53 Å². The first-order valence-electron chi connectivity index (χ1n) is 6.61. The molecule has 0 atom stereocenters. The number of carbonyl (C=O) groups excluding carboxylic acids is 1. The van der Waals surface area contributed by atoms with Gasteiger partial charge in [-0.1, -0.05) is 6.92 Å². The second-order valence-electron chi connectivity index (χ2n) is 4.83. The zero-order valence-electron chi connectivity index (χ0n) is 10.6. The molecule has 2 fully saturated rings. The van der Waals surface area contributed by atoms with Crippen LogP contribution in [0.5, 0.6) is 0 Å². The van der Waals surface area contributed by atoms with Crippen LogP contribution in [0.2, 0.25) is 0 Å². The van der Waals surface area contributed by atoms with Gasteiger partial charge < -0.3 is 15.4 Å². The van der Waals surface area contributed by atoms with Gasteiger partial charge in [-0.05, 0) is 19.4 Å². The Bertz CT molecular complexity index is 250. The number of carbonyl (C=O) groups is 1. The maximum Gasteiger partial charge on any atom is 0.234 e. The van der Waals surface area contributed by atoms with Gasteiger partial charge in [-0.15, -0.1) is 0 Å². The number of amides is 1. The molecule has 0 aromatic carbocycles. The smallest absolute Gasteiger partial charge is 0.234 e. The fourth-order valence-corrected chi connectivity index (χ4v) is 2.33. The Morgan fingerprint density at radius 3 is 2.65 bits per heavy atom. The van der Waals surface area contributed by atoms with E-state index in [4.69, 9.17) is 4.74 Å². The summed E-state index contributed by atoms with van der Waals surface area (Å²) in [6.45, 7) is 7.15. The van der Waals surface area contributed by atoms with Crippen molar-refractivity contribution in [1.82, 2.24) is 15.5 Å². The third-order valence-electron chi connectivity index (χ3n) is 3.62. The fourth-order valence-electron chi connectivity index (χ4n) is 2.33. The number of hydrogen-bond acceptors (Lipinski definition) is 4. The van der Waals surface area contributed by atoms with Gasteiger partial charge >= 0.3 is 0 Å². The van der Waals surface area contributed by atoms with Crippen molar-refractivity contribution in [3.8, 4) is 0 Å². The summed E-state index contributed by atoms with van der Waals surface area (Å²) in [5, 5.41) is 6.35. The average Bonchev–Trinajstić information content (AvgIpc) is 2.27. The van der Waals surface area contributed by atoms with Crippen molar-refractivity contribution in [3.63, 3.8) is 0 Å². The van der Waals surface area contributed by atoms with Crippen LogP contribution in [0, 0.1) is 0 Å². The van der Waals surface area contributed by atoms with Crippen molar-refractivity contribution < 1.29 is 9.53 Å². The molecule has 5 nitrogen and oxygen atoms in total. The lowest BCUT2D eigenvalue weighted by atomic mass is 10.1. The molecule has 0 spiro atoms. The van der Waals surface area contributed by atoms with Gasteiger partial charge in [-0.2, -0.15) is 0 Å². The van der Waals surface area contributed by atoms with Crippen LogP contribution in [0.15, 0.2) is 0 Å². The van der Waals surface area contributed by atoms with E-state index < -0.39 is 0 Å². The molecule has 2 aliphatic heterocycles. The number of nitrogens with one attached hydrogen (secondary N) is 2. The van der Waals surface area contributed by atoms with E-state index in [9.17, 15) is 4.79 Å². The maximum absolute atomic E-state index is 11.9. The Morgan fingerprint density at radius 1 is 1.41 bits per heavy atom. The molecule has 0 unspecified atom stereocenters. The molecule has 0 saturated carbocycles. The zero-order valence-corrected chi connectivity index (χ0v) is 10.6. The molecule has 2 N–H and O–H groups in total. The quantitative estimate of drug-likeness (QED) is 0.686. The molecule has 0 aromatic rings. The van der Waals surface area contributed by atoms with Crippen LogP contribution < -0.4 is 10.6 Å². The lowest BCUT2D eigenvalue weighted by Gasteiger charge is -2.37. The van der Waals surface area contributed by atoms with Crippen molar-refractivity contribution in [3.05, 3.63) is 0 Å². The fraction of sp³-hybridized carbons (Fsp3) is 0.917. The summed E-state index contributed by atoms with van der Waals surface area (Å²) in [4.78, 5) is 14.2. The number of likely N-dealkylation sites (N-methyl/N-ethyl adjacent to an activating group) is 1. The first kappa shape index (κ1) is 12.8. The Labute approximate surface area is 103 Å². The van der Waals surface area contributed by atoms with E-state index in [2.05, 4.69) is 22.5 Å². The van der Waals surface area contributed by atoms with E-state index in [1.54, 1.807) is 0 Å². The van der Waals surface area contributed by atoms with Gasteiger partial charge in [-0.25, -0.2) is 0 Å². The Morgan fingerprint density at radius 2 is 2.12 bits per heavy atom. The van der Waals surface area contributed by atoms with Crippen molar-refractivity contribution in [2.24, 2.45) is 0 Å². The highest BCUT2D eigenvalue weighted by molar-refractivity contribution is 5.78. The van der Waals surface area contributed by atoms with Gasteiger partial charge in [-0.3, -0.25) is 9.69 Å². The van der Waals surface area contributed by atoms with Crippen molar-refractivity contribution in [2.75, 3.05) is 39.4 Å². The minimum absolute atomic E-state index is 0.158. The maximum atomic E-state index is 11.9. The third-order valence-corrected chi connectivity index (χ3v) is 3.62. The average molecular weight is 241 g/mol. The molecule has 2 saturated heterocycles. The lowest BCUT2D eigenvalue weighted by Crippen LogP contribution is -2.59. The number of nitrogens with zero attached hydrogens (tertiary/aromatic N) is 1. The molecule has 0 radical (unpaired) electrons. The van der Waals surface area contributed by atoms with Gasteiger partial charge in [0.05, 0.1) is 6.54 Å². The van der Waals surface area contributed by atoms with E-state index >= 15 is 0 Å². The molecule has 0 aliphatic carbocycles. The summed E-state index contributed by atoms with van der Waals surface area (Å²) < 4.78 is 5.28. The summed E-state index contributed by atoms with van der Waals surface area (Å²) in [5.41, 5.74) is 0. The van der Waals surface area contributed by atoms with E-state index in [0.29, 0.717) is 18.6 Å². The summed E-state index contributed by atoms with van der Waals surface area (Å²) in [5.74, 6) is 0.158. The molecular formula is C12H23N3O2. The standard InChI is InChI=1S/C12H23N3O2/c1-2-15(11-7-13-8-11)9-12(16)14-10-3-5-17-6-4-10/h10-11,13H,2-9H2,1H3,(H,14,16). The predicted molar refractivity (Wildman–Crippen MR) is 65.9 cm³/mol. The molecule has 2 aliphatic rings. The molecule has 5 heteroatoms. The normalized spacial score (nSPS) is 22.5. The van der Waals surface area contributed by atoms with Crippen LogP contribution in [-0.4, -0.2) is 62.3 Å². The summed E-state index contributed by atoms with van der Waals surface area (Å²) in [6, 6.07) is 0.856. The number of hydrogen-bond donors (Lipinski definition) is 2.